The Balaban J connectivity index is 2.04. The number of hydrogen-bond donors (Lipinski definition) is 1. The third-order valence-electron chi connectivity index (χ3n) is 3.15. The average molecular weight is 269 g/mol. The number of rotatable bonds is 5. The molecule has 98 valence electrons. The van der Waals surface area contributed by atoms with E-state index in [2.05, 4.69) is 0 Å². The molecule has 5 heteroatoms. The fourth-order valence-electron chi connectivity index (χ4n) is 1.89. The van der Waals surface area contributed by atoms with Crippen molar-refractivity contribution in [3.63, 3.8) is 0 Å². The van der Waals surface area contributed by atoms with Crippen LogP contribution in [0.15, 0.2) is 29.2 Å². The number of carbonyl (C=O) groups is 1. The highest BCUT2D eigenvalue weighted by Crippen LogP contribution is 2.41. The molecule has 0 spiro atoms. The van der Waals surface area contributed by atoms with Gasteiger partial charge in [-0.2, -0.15) is 0 Å². The molecule has 1 fully saturated rings. The number of esters is 1. The number of halogens is 1. The van der Waals surface area contributed by atoms with Gasteiger partial charge in [0.2, 0.25) is 0 Å². The van der Waals surface area contributed by atoms with Gasteiger partial charge in [-0.15, -0.1) is 11.8 Å². The molecule has 2 rings (SSSR count). The molecule has 1 aliphatic rings. The van der Waals surface area contributed by atoms with Gasteiger partial charge in [-0.1, -0.05) is 6.07 Å². The molecule has 0 amide bonds. The van der Waals surface area contributed by atoms with Crippen molar-refractivity contribution >= 4 is 17.7 Å². The number of methoxy groups -OCH3 is 1. The molecule has 1 unspecified atom stereocenters. The predicted octanol–water partition coefficient (Wildman–Crippen LogP) is 2.20. The number of nitrogens with two attached hydrogens (primary N) is 1. The van der Waals surface area contributed by atoms with E-state index >= 15 is 0 Å². The quantitative estimate of drug-likeness (QED) is 0.657. The summed E-state index contributed by atoms with van der Waals surface area (Å²) in [6, 6.07) is 6.28. The molecule has 0 radical (unpaired) electrons. The minimum Gasteiger partial charge on any atom is -0.468 e. The predicted molar refractivity (Wildman–Crippen MR) is 68.8 cm³/mol. The molecular formula is C13H16FNO2S. The monoisotopic (exact) mass is 269 g/mol. The molecule has 2 N–H and O–H groups in total. The van der Waals surface area contributed by atoms with Crippen LogP contribution in [0.2, 0.25) is 0 Å². The number of carbonyl (C=O) groups excluding carboxylic acids is 1. The SMILES string of the molecule is COC(=O)C(N)(CSc1cccc(F)c1)C1CC1. The molecule has 1 aromatic carbocycles. The standard InChI is InChI=1S/C13H16FNO2S/c1-17-12(16)13(15,9-5-6-9)8-18-11-4-2-3-10(14)7-11/h2-4,7,9H,5-6,8,15H2,1H3. The molecule has 0 saturated heterocycles. The zero-order valence-electron chi connectivity index (χ0n) is 10.2. The molecule has 0 aliphatic heterocycles. The third kappa shape index (κ3) is 2.84. The second kappa shape index (κ2) is 5.28. The van der Waals surface area contributed by atoms with Crippen molar-refractivity contribution in [2.45, 2.75) is 23.3 Å². The van der Waals surface area contributed by atoms with Gasteiger partial charge < -0.3 is 10.5 Å². The second-order valence-electron chi connectivity index (χ2n) is 4.55. The van der Waals surface area contributed by atoms with Gasteiger partial charge in [0.25, 0.3) is 0 Å². The maximum absolute atomic E-state index is 13.0. The van der Waals surface area contributed by atoms with Crippen molar-refractivity contribution in [2.24, 2.45) is 11.7 Å². The van der Waals surface area contributed by atoms with E-state index < -0.39 is 5.54 Å². The number of benzene rings is 1. The van der Waals surface area contributed by atoms with Crippen LogP contribution in [0.25, 0.3) is 0 Å². The Bertz CT molecular complexity index is 450. The van der Waals surface area contributed by atoms with Crippen molar-refractivity contribution in [3.05, 3.63) is 30.1 Å². The fourth-order valence-corrected chi connectivity index (χ4v) is 3.02. The molecular weight excluding hydrogens is 253 g/mol. The summed E-state index contributed by atoms with van der Waals surface area (Å²) in [5, 5.41) is 0. The van der Waals surface area contributed by atoms with E-state index in [1.165, 1.54) is 31.0 Å². The van der Waals surface area contributed by atoms with Gasteiger partial charge in [0.15, 0.2) is 0 Å². The molecule has 1 atom stereocenters. The van der Waals surface area contributed by atoms with Crippen molar-refractivity contribution in [1.29, 1.82) is 0 Å². The topological polar surface area (TPSA) is 52.3 Å². The van der Waals surface area contributed by atoms with Crippen LogP contribution in [0.4, 0.5) is 4.39 Å². The largest absolute Gasteiger partial charge is 0.468 e. The lowest BCUT2D eigenvalue weighted by molar-refractivity contribution is -0.146. The zero-order chi connectivity index (χ0) is 13.2. The zero-order valence-corrected chi connectivity index (χ0v) is 11.0. The molecule has 1 aliphatic carbocycles. The van der Waals surface area contributed by atoms with Gasteiger partial charge in [-0.05, 0) is 37.0 Å². The van der Waals surface area contributed by atoms with Crippen LogP contribution in [0.3, 0.4) is 0 Å². The molecule has 1 saturated carbocycles. The lowest BCUT2D eigenvalue weighted by Gasteiger charge is -2.25. The Morgan fingerprint density at radius 2 is 2.33 bits per heavy atom. The summed E-state index contributed by atoms with van der Waals surface area (Å²) in [5.74, 6) is -0.0691. The van der Waals surface area contributed by atoms with Crippen LogP contribution in [0, 0.1) is 11.7 Å². The normalized spacial score (nSPS) is 18.2. The number of ether oxygens (including phenoxy) is 1. The van der Waals surface area contributed by atoms with E-state index in [0.29, 0.717) is 5.75 Å². The van der Waals surface area contributed by atoms with Gasteiger partial charge in [-0.3, -0.25) is 4.79 Å². The molecule has 0 bridgehead atoms. The summed E-state index contributed by atoms with van der Waals surface area (Å²) >= 11 is 1.39. The Labute approximate surface area is 110 Å². The van der Waals surface area contributed by atoms with E-state index in [0.717, 1.165) is 17.7 Å². The van der Waals surface area contributed by atoms with Crippen LogP contribution < -0.4 is 5.73 Å². The van der Waals surface area contributed by atoms with E-state index in [1.54, 1.807) is 12.1 Å². The van der Waals surface area contributed by atoms with Gasteiger partial charge in [0, 0.05) is 10.6 Å². The highest BCUT2D eigenvalue weighted by atomic mass is 32.2. The Hall–Kier alpha value is -1.07. The van der Waals surface area contributed by atoms with E-state index in [1.807, 2.05) is 0 Å². The van der Waals surface area contributed by atoms with Crippen molar-refractivity contribution in [3.8, 4) is 0 Å². The maximum atomic E-state index is 13.0. The molecule has 3 nitrogen and oxygen atoms in total. The summed E-state index contributed by atoms with van der Waals surface area (Å²) in [6.07, 6.45) is 1.91. The van der Waals surface area contributed by atoms with Gasteiger partial charge >= 0.3 is 5.97 Å². The van der Waals surface area contributed by atoms with E-state index in [9.17, 15) is 9.18 Å². The Morgan fingerprint density at radius 1 is 1.61 bits per heavy atom. The lowest BCUT2D eigenvalue weighted by atomic mass is 9.97. The van der Waals surface area contributed by atoms with Gasteiger partial charge in [0.1, 0.15) is 11.4 Å². The van der Waals surface area contributed by atoms with Crippen molar-refractivity contribution in [1.82, 2.24) is 0 Å². The molecule has 0 heterocycles. The highest BCUT2D eigenvalue weighted by Gasteiger charge is 2.48. The van der Waals surface area contributed by atoms with Gasteiger partial charge in [0.05, 0.1) is 7.11 Å². The Morgan fingerprint density at radius 3 is 2.89 bits per heavy atom. The van der Waals surface area contributed by atoms with E-state index in [4.69, 9.17) is 10.5 Å². The summed E-state index contributed by atoms with van der Waals surface area (Å²) in [6.45, 7) is 0. The molecule has 1 aromatic rings. The minimum atomic E-state index is -0.953. The number of hydrogen-bond acceptors (Lipinski definition) is 4. The lowest BCUT2D eigenvalue weighted by Crippen LogP contribution is -2.53. The van der Waals surface area contributed by atoms with Crippen molar-refractivity contribution < 1.29 is 13.9 Å². The van der Waals surface area contributed by atoms with Crippen LogP contribution in [0.5, 0.6) is 0 Å². The first kappa shape index (κ1) is 13.4. The van der Waals surface area contributed by atoms with Crippen LogP contribution in [-0.4, -0.2) is 24.4 Å². The summed E-state index contributed by atoms with van der Waals surface area (Å²) in [5.41, 5.74) is 5.20. The first-order valence-electron chi connectivity index (χ1n) is 5.82. The second-order valence-corrected chi connectivity index (χ2v) is 5.60. The third-order valence-corrected chi connectivity index (χ3v) is 4.35. The fraction of sp³-hybridized carbons (Fsp3) is 0.462. The minimum absolute atomic E-state index is 0.186. The molecule has 0 aromatic heterocycles. The summed E-state index contributed by atoms with van der Waals surface area (Å²) < 4.78 is 17.8. The molecule has 18 heavy (non-hydrogen) atoms. The first-order chi connectivity index (χ1) is 8.56. The van der Waals surface area contributed by atoms with Crippen LogP contribution >= 0.6 is 11.8 Å². The van der Waals surface area contributed by atoms with Crippen LogP contribution in [0.1, 0.15) is 12.8 Å². The highest BCUT2D eigenvalue weighted by molar-refractivity contribution is 7.99. The van der Waals surface area contributed by atoms with E-state index in [-0.39, 0.29) is 17.7 Å². The summed E-state index contributed by atoms with van der Waals surface area (Å²) in [7, 11) is 1.35. The first-order valence-corrected chi connectivity index (χ1v) is 6.80. The summed E-state index contributed by atoms with van der Waals surface area (Å²) in [4.78, 5) is 12.5. The van der Waals surface area contributed by atoms with Crippen molar-refractivity contribution in [2.75, 3.05) is 12.9 Å². The average Bonchev–Trinajstić information content (AvgIpc) is 3.19. The van der Waals surface area contributed by atoms with Gasteiger partial charge in [-0.25, -0.2) is 4.39 Å². The van der Waals surface area contributed by atoms with Crippen LogP contribution in [-0.2, 0) is 9.53 Å². The smallest absolute Gasteiger partial charge is 0.327 e. The maximum Gasteiger partial charge on any atom is 0.327 e. The number of thioether (sulfide) groups is 1. The Kier molecular flexibility index (Phi) is 3.92.